The van der Waals surface area contributed by atoms with Crippen molar-refractivity contribution >= 4 is 5.78 Å². The van der Waals surface area contributed by atoms with Gasteiger partial charge in [0.15, 0.2) is 5.78 Å². The fourth-order valence-corrected chi connectivity index (χ4v) is 1.76. The lowest BCUT2D eigenvalue weighted by Gasteiger charge is -2.37. The minimum atomic E-state index is -0.263. The number of nitrogens with two attached hydrogens (primary N) is 1. The molecule has 0 bridgehead atoms. The van der Waals surface area contributed by atoms with E-state index in [0.717, 1.165) is 19.3 Å². The highest BCUT2D eigenvalue weighted by atomic mass is 16.1. The van der Waals surface area contributed by atoms with Gasteiger partial charge in [-0.05, 0) is 19.3 Å². The van der Waals surface area contributed by atoms with Gasteiger partial charge >= 0.3 is 0 Å². The zero-order valence-electron chi connectivity index (χ0n) is 8.23. The van der Waals surface area contributed by atoms with Crippen molar-refractivity contribution < 1.29 is 4.79 Å². The molecule has 1 aromatic rings. The van der Waals surface area contributed by atoms with E-state index in [0.29, 0.717) is 12.1 Å². The summed E-state index contributed by atoms with van der Waals surface area (Å²) in [6, 6.07) is 0. The van der Waals surface area contributed by atoms with Crippen LogP contribution in [0.1, 0.15) is 36.2 Å². The minimum Gasteiger partial charge on any atom is -0.325 e. The van der Waals surface area contributed by atoms with Crippen LogP contribution in [0.2, 0.25) is 0 Å². The number of carbonyl (C=O) groups excluding carboxylic acids is 1. The molecule has 2 rings (SSSR count). The van der Waals surface area contributed by atoms with Gasteiger partial charge in [0.1, 0.15) is 5.69 Å². The van der Waals surface area contributed by atoms with Crippen molar-refractivity contribution in [3.05, 3.63) is 11.9 Å². The van der Waals surface area contributed by atoms with Gasteiger partial charge in [-0.15, -0.1) is 5.10 Å². The van der Waals surface area contributed by atoms with Crippen LogP contribution in [0, 0.1) is 0 Å². The molecule has 1 aliphatic carbocycles. The maximum atomic E-state index is 11.8. The van der Waals surface area contributed by atoms with E-state index in [9.17, 15) is 4.79 Å². The fraction of sp³-hybridized carbons (Fsp3) is 0.667. The van der Waals surface area contributed by atoms with E-state index in [4.69, 9.17) is 5.73 Å². The van der Waals surface area contributed by atoms with Gasteiger partial charge in [-0.1, -0.05) is 5.21 Å². The van der Waals surface area contributed by atoms with Crippen LogP contribution >= 0.6 is 0 Å². The van der Waals surface area contributed by atoms with Crippen LogP contribution in [-0.2, 0) is 7.05 Å². The Morgan fingerprint density at radius 2 is 2.43 bits per heavy atom. The number of nitrogens with zero attached hydrogens (tertiary/aromatic N) is 3. The van der Waals surface area contributed by atoms with Gasteiger partial charge < -0.3 is 5.73 Å². The zero-order chi connectivity index (χ0) is 10.2. The molecule has 0 radical (unpaired) electrons. The second kappa shape index (κ2) is 3.16. The normalized spacial score (nSPS) is 19.0. The zero-order valence-corrected chi connectivity index (χ0v) is 8.23. The number of aryl methyl sites for hydroxylation is 1. The molecule has 0 amide bonds. The Hall–Kier alpha value is -1.23. The number of hydrogen-bond acceptors (Lipinski definition) is 4. The van der Waals surface area contributed by atoms with Gasteiger partial charge in [0.2, 0.25) is 0 Å². The molecule has 1 aromatic heterocycles. The molecule has 0 unspecified atom stereocenters. The fourth-order valence-electron chi connectivity index (χ4n) is 1.76. The Morgan fingerprint density at radius 1 is 1.71 bits per heavy atom. The Labute approximate surface area is 82.3 Å². The molecule has 1 saturated carbocycles. The van der Waals surface area contributed by atoms with E-state index in [1.165, 1.54) is 10.9 Å². The SMILES string of the molecule is Cn1nncc1C(=O)CC1(N)CCC1. The van der Waals surface area contributed by atoms with Crippen LogP contribution in [0.15, 0.2) is 6.20 Å². The summed E-state index contributed by atoms with van der Waals surface area (Å²) in [7, 11) is 1.71. The molecule has 2 N–H and O–H groups in total. The molecule has 1 fully saturated rings. The molecule has 14 heavy (non-hydrogen) atoms. The molecular weight excluding hydrogens is 180 g/mol. The molecule has 0 atom stereocenters. The number of ketones is 1. The Balaban J connectivity index is 2.06. The molecule has 0 aromatic carbocycles. The van der Waals surface area contributed by atoms with Crippen molar-refractivity contribution in [3.8, 4) is 0 Å². The van der Waals surface area contributed by atoms with E-state index >= 15 is 0 Å². The second-order valence-electron chi connectivity index (χ2n) is 4.06. The predicted molar refractivity (Wildman–Crippen MR) is 50.7 cm³/mol. The van der Waals surface area contributed by atoms with Crippen LogP contribution in [0.5, 0.6) is 0 Å². The highest BCUT2D eigenvalue weighted by Crippen LogP contribution is 2.32. The molecule has 5 heteroatoms. The first-order chi connectivity index (χ1) is 6.61. The smallest absolute Gasteiger partial charge is 0.184 e. The highest BCUT2D eigenvalue weighted by Gasteiger charge is 2.35. The van der Waals surface area contributed by atoms with Gasteiger partial charge in [0, 0.05) is 19.0 Å². The maximum Gasteiger partial charge on any atom is 0.184 e. The van der Waals surface area contributed by atoms with Crippen molar-refractivity contribution in [1.82, 2.24) is 15.0 Å². The van der Waals surface area contributed by atoms with Crippen LogP contribution in [0.25, 0.3) is 0 Å². The molecule has 0 spiro atoms. The van der Waals surface area contributed by atoms with Crippen molar-refractivity contribution in [2.24, 2.45) is 12.8 Å². The van der Waals surface area contributed by atoms with E-state index in [2.05, 4.69) is 10.3 Å². The third-order valence-corrected chi connectivity index (χ3v) is 2.86. The Kier molecular flexibility index (Phi) is 2.11. The standard InChI is InChI=1S/C9H14N4O/c1-13-7(6-11-12-13)8(14)5-9(10)3-2-4-9/h6H,2-5,10H2,1H3. The first kappa shape index (κ1) is 9.33. The summed E-state index contributed by atoms with van der Waals surface area (Å²) < 4.78 is 1.49. The van der Waals surface area contributed by atoms with Gasteiger partial charge in [-0.25, -0.2) is 4.68 Å². The van der Waals surface area contributed by atoms with Gasteiger partial charge in [-0.2, -0.15) is 0 Å². The van der Waals surface area contributed by atoms with Crippen molar-refractivity contribution in [3.63, 3.8) is 0 Å². The lowest BCUT2D eigenvalue weighted by molar-refractivity contribution is 0.0903. The average molecular weight is 194 g/mol. The van der Waals surface area contributed by atoms with Crippen molar-refractivity contribution in [2.45, 2.75) is 31.2 Å². The summed E-state index contributed by atoms with van der Waals surface area (Å²) >= 11 is 0. The molecule has 5 nitrogen and oxygen atoms in total. The van der Waals surface area contributed by atoms with Gasteiger partial charge in [0.25, 0.3) is 0 Å². The first-order valence-corrected chi connectivity index (χ1v) is 4.77. The third kappa shape index (κ3) is 1.55. The molecule has 1 heterocycles. The number of aromatic nitrogens is 3. The summed E-state index contributed by atoms with van der Waals surface area (Å²) in [4.78, 5) is 11.8. The quantitative estimate of drug-likeness (QED) is 0.701. The van der Waals surface area contributed by atoms with Crippen LogP contribution < -0.4 is 5.73 Å². The number of hydrogen-bond donors (Lipinski definition) is 1. The largest absolute Gasteiger partial charge is 0.325 e. The predicted octanol–water partition coefficient (Wildman–Crippen LogP) is 0.269. The monoisotopic (exact) mass is 194 g/mol. The summed E-state index contributed by atoms with van der Waals surface area (Å²) in [5.74, 6) is 0.0414. The average Bonchev–Trinajstić information content (AvgIpc) is 2.48. The number of Topliss-reactive ketones (excluding diaryl/α,β-unsaturated/α-hetero) is 1. The summed E-state index contributed by atoms with van der Waals surface area (Å²) in [6.45, 7) is 0. The minimum absolute atomic E-state index is 0.0414. The molecule has 1 aliphatic rings. The molecule has 0 aliphatic heterocycles. The summed E-state index contributed by atoms with van der Waals surface area (Å²) in [5, 5.41) is 7.38. The summed E-state index contributed by atoms with van der Waals surface area (Å²) in [6.07, 6.45) is 4.93. The highest BCUT2D eigenvalue weighted by molar-refractivity contribution is 5.94. The van der Waals surface area contributed by atoms with Crippen LogP contribution in [0.3, 0.4) is 0 Å². The van der Waals surface area contributed by atoms with E-state index < -0.39 is 0 Å². The van der Waals surface area contributed by atoms with E-state index in [1.54, 1.807) is 7.05 Å². The summed E-state index contributed by atoms with van der Waals surface area (Å²) in [5.41, 5.74) is 6.27. The second-order valence-corrected chi connectivity index (χ2v) is 4.06. The topological polar surface area (TPSA) is 73.8 Å². The van der Waals surface area contributed by atoms with Crippen LogP contribution in [-0.4, -0.2) is 26.3 Å². The Morgan fingerprint density at radius 3 is 2.86 bits per heavy atom. The first-order valence-electron chi connectivity index (χ1n) is 4.77. The van der Waals surface area contributed by atoms with Gasteiger partial charge in [0.05, 0.1) is 6.20 Å². The van der Waals surface area contributed by atoms with Crippen molar-refractivity contribution in [1.29, 1.82) is 0 Å². The molecule has 76 valence electrons. The molecular formula is C9H14N4O. The molecule has 0 saturated heterocycles. The van der Waals surface area contributed by atoms with E-state index in [1.807, 2.05) is 0 Å². The maximum absolute atomic E-state index is 11.8. The lowest BCUT2D eigenvalue weighted by atomic mass is 9.74. The van der Waals surface area contributed by atoms with Gasteiger partial charge in [-0.3, -0.25) is 4.79 Å². The number of carbonyl (C=O) groups is 1. The van der Waals surface area contributed by atoms with Crippen LogP contribution in [0.4, 0.5) is 0 Å². The third-order valence-electron chi connectivity index (χ3n) is 2.86. The number of rotatable bonds is 3. The van der Waals surface area contributed by atoms with Crippen molar-refractivity contribution in [2.75, 3.05) is 0 Å². The Bertz CT molecular complexity index is 353. The lowest BCUT2D eigenvalue weighted by Crippen LogP contribution is -2.48. The van der Waals surface area contributed by atoms with E-state index in [-0.39, 0.29) is 11.3 Å².